The molecular weight excluding hydrogens is 372 g/mol. The summed E-state index contributed by atoms with van der Waals surface area (Å²) in [6.07, 6.45) is 4.96. The Hall–Kier alpha value is -2.21. The van der Waals surface area contributed by atoms with E-state index in [0.717, 1.165) is 49.4 Å². The van der Waals surface area contributed by atoms with E-state index in [1.807, 2.05) is 30.6 Å². The Balaban J connectivity index is 1.60. The molecule has 0 saturated carbocycles. The van der Waals surface area contributed by atoms with Crippen LogP contribution >= 0.6 is 11.6 Å². The molecule has 2 aromatic rings. The highest BCUT2D eigenvalue weighted by Crippen LogP contribution is 2.23. The minimum atomic E-state index is 0.354. The van der Waals surface area contributed by atoms with Gasteiger partial charge in [0.25, 0.3) is 0 Å². The molecule has 1 saturated heterocycles. The third-order valence-electron chi connectivity index (χ3n) is 4.79. The Bertz CT molecular complexity index is 785. The summed E-state index contributed by atoms with van der Waals surface area (Å²) in [5.74, 6) is 2.43. The summed E-state index contributed by atoms with van der Waals surface area (Å²) in [7, 11) is 0. The summed E-state index contributed by atoms with van der Waals surface area (Å²) < 4.78 is 2.19. The number of aromatic nitrogens is 2. The summed E-state index contributed by atoms with van der Waals surface area (Å²) in [6.45, 7) is 10.8. The summed E-state index contributed by atoms with van der Waals surface area (Å²) >= 11 is 6.14. The van der Waals surface area contributed by atoms with Gasteiger partial charge in [0.05, 0.1) is 0 Å². The lowest BCUT2D eigenvalue weighted by Gasteiger charge is -2.20. The predicted octanol–water partition coefficient (Wildman–Crippen LogP) is 3.53. The van der Waals surface area contributed by atoms with Crippen LogP contribution in [0.1, 0.15) is 33.0 Å². The molecule has 3 rings (SSSR count). The minimum Gasteiger partial charge on any atom is -0.369 e. The van der Waals surface area contributed by atoms with Crippen LogP contribution < -0.4 is 15.5 Å². The van der Waals surface area contributed by atoms with E-state index < -0.39 is 0 Å². The molecule has 28 heavy (non-hydrogen) atoms. The first-order valence-electron chi connectivity index (χ1n) is 10.1. The van der Waals surface area contributed by atoms with Gasteiger partial charge in [-0.15, -0.1) is 0 Å². The molecule has 0 bridgehead atoms. The van der Waals surface area contributed by atoms with Crippen LogP contribution in [0, 0.1) is 5.92 Å². The zero-order chi connectivity index (χ0) is 19.9. The first-order chi connectivity index (χ1) is 13.5. The number of hydrogen-bond donors (Lipinski definition) is 2. The zero-order valence-electron chi connectivity index (χ0n) is 17.0. The maximum atomic E-state index is 6.14. The molecule has 1 aliphatic heterocycles. The summed E-state index contributed by atoms with van der Waals surface area (Å²) in [6, 6.07) is 8.41. The number of rotatable bonds is 7. The maximum absolute atomic E-state index is 6.14. The average Bonchev–Trinajstić information content (AvgIpc) is 3.29. The fraction of sp³-hybridized carbons (Fsp3) is 0.524. The zero-order valence-corrected chi connectivity index (χ0v) is 17.8. The SMILES string of the molecule is CCNC(=NCc1nccn1CC(C)C)NC1CCN(c2cccc(Cl)c2)C1. The van der Waals surface area contributed by atoms with Gasteiger partial charge in [0.1, 0.15) is 12.4 Å². The first kappa shape index (κ1) is 20.5. The highest BCUT2D eigenvalue weighted by molar-refractivity contribution is 6.30. The van der Waals surface area contributed by atoms with E-state index in [2.05, 4.69) is 51.9 Å². The molecule has 0 spiro atoms. The van der Waals surface area contributed by atoms with E-state index in [4.69, 9.17) is 16.6 Å². The molecule has 1 aliphatic rings. The average molecular weight is 403 g/mol. The normalized spacial score (nSPS) is 17.4. The van der Waals surface area contributed by atoms with Crippen molar-refractivity contribution in [2.45, 2.75) is 46.3 Å². The minimum absolute atomic E-state index is 0.354. The summed E-state index contributed by atoms with van der Waals surface area (Å²) in [5.41, 5.74) is 1.18. The number of guanidine groups is 1. The number of nitrogens with zero attached hydrogens (tertiary/aromatic N) is 4. The molecule has 2 heterocycles. The largest absolute Gasteiger partial charge is 0.369 e. The monoisotopic (exact) mass is 402 g/mol. The molecule has 1 aromatic heterocycles. The van der Waals surface area contributed by atoms with Crippen LogP contribution in [0.5, 0.6) is 0 Å². The number of anilines is 1. The van der Waals surface area contributed by atoms with E-state index in [0.29, 0.717) is 18.5 Å². The third-order valence-corrected chi connectivity index (χ3v) is 5.02. The number of halogens is 1. The Labute approximate surface area is 173 Å². The van der Waals surface area contributed by atoms with E-state index in [1.165, 1.54) is 5.69 Å². The van der Waals surface area contributed by atoms with Crippen molar-refractivity contribution in [2.24, 2.45) is 10.9 Å². The molecule has 152 valence electrons. The van der Waals surface area contributed by atoms with Crippen molar-refractivity contribution in [1.82, 2.24) is 20.2 Å². The van der Waals surface area contributed by atoms with Gasteiger partial charge in [-0.3, -0.25) is 0 Å². The van der Waals surface area contributed by atoms with Gasteiger partial charge in [0, 0.05) is 55.3 Å². The van der Waals surface area contributed by atoms with Crippen LogP contribution in [0.15, 0.2) is 41.7 Å². The van der Waals surface area contributed by atoms with E-state index in [1.54, 1.807) is 0 Å². The highest BCUT2D eigenvalue weighted by Gasteiger charge is 2.23. The van der Waals surface area contributed by atoms with Gasteiger partial charge in [-0.25, -0.2) is 9.98 Å². The van der Waals surface area contributed by atoms with Gasteiger partial charge in [-0.2, -0.15) is 0 Å². The van der Waals surface area contributed by atoms with Crippen LogP contribution in [-0.2, 0) is 13.1 Å². The van der Waals surface area contributed by atoms with Crippen LogP contribution in [0.25, 0.3) is 0 Å². The maximum Gasteiger partial charge on any atom is 0.191 e. The Morgan fingerprint density at radius 1 is 1.39 bits per heavy atom. The lowest BCUT2D eigenvalue weighted by molar-refractivity contribution is 0.507. The van der Waals surface area contributed by atoms with Gasteiger partial charge >= 0.3 is 0 Å². The van der Waals surface area contributed by atoms with Crippen molar-refractivity contribution in [1.29, 1.82) is 0 Å². The summed E-state index contributed by atoms with van der Waals surface area (Å²) in [5, 5.41) is 7.72. The molecule has 1 fully saturated rings. The van der Waals surface area contributed by atoms with E-state index in [-0.39, 0.29) is 0 Å². The van der Waals surface area contributed by atoms with Crippen LogP contribution in [0.2, 0.25) is 5.02 Å². The van der Waals surface area contributed by atoms with Gasteiger partial charge in [-0.05, 0) is 37.5 Å². The molecule has 7 heteroatoms. The Kier molecular flexibility index (Phi) is 7.20. The van der Waals surface area contributed by atoms with Gasteiger partial charge in [0.2, 0.25) is 0 Å². The Morgan fingerprint density at radius 3 is 3.00 bits per heavy atom. The smallest absolute Gasteiger partial charge is 0.191 e. The van der Waals surface area contributed by atoms with E-state index >= 15 is 0 Å². The van der Waals surface area contributed by atoms with Crippen molar-refractivity contribution >= 4 is 23.2 Å². The molecule has 2 N–H and O–H groups in total. The standard InChI is InChI=1S/C21H31ClN6/c1-4-23-21(25-13-20-24-9-11-28(20)14-16(2)3)26-18-8-10-27(15-18)19-7-5-6-17(22)12-19/h5-7,9,11-12,16,18H,4,8,10,13-15H2,1-3H3,(H2,23,25,26). The molecule has 1 aromatic carbocycles. The second-order valence-corrected chi connectivity index (χ2v) is 8.08. The van der Waals surface area contributed by atoms with Crippen molar-refractivity contribution < 1.29 is 0 Å². The predicted molar refractivity (Wildman–Crippen MR) is 117 cm³/mol. The second-order valence-electron chi connectivity index (χ2n) is 7.64. The molecule has 1 atom stereocenters. The second kappa shape index (κ2) is 9.82. The van der Waals surface area contributed by atoms with Crippen LogP contribution in [-0.4, -0.2) is 41.2 Å². The van der Waals surface area contributed by atoms with Crippen molar-refractivity contribution in [3.8, 4) is 0 Å². The van der Waals surface area contributed by atoms with Crippen molar-refractivity contribution in [3.05, 3.63) is 47.5 Å². The Morgan fingerprint density at radius 2 is 2.25 bits per heavy atom. The quantitative estimate of drug-likeness (QED) is 0.549. The molecule has 0 aliphatic carbocycles. The number of aliphatic imine (C=N–C) groups is 1. The highest BCUT2D eigenvalue weighted by atomic mass is 35.5. The third kappa shape index (κ3) is 5.64. The van der Waals surface area contributed by atoms with Gasteiger partial charge in [-0.1, -0.05) is 31.5 Å². The topological polar surface area (TPSA) is 57.5 Å². The number of hydrogen-bond acceptors (Lipinski definition) is 3. The van der Waals surface area contributed by atoms with Crippen molar-refractivity contribution in [2.75, 3.05) is 24.5 Å². The van der Waals surface area contributed by atoms with Crippen molar-refractivity contribution in [3.63, 3.8) is 0 Å². The van der Waals surface area contributed by atoms with Crippen LogP contribution in [0.3, 0.4) is 0 Å². The molecule has 1 unspecified atom stereocenters. The van der Waals surface area contributed by atoms with Gasteiger partial charge < -0.3 is 20.1 Å². The lowest BCUT2D eigenvalue weighted by atomic mass is 10.2. The van der Waals surface area contributed by atoms with E-state index in [9.17, 15) is 0 Å². The first-order valence-corrected chi connectivity index (χ1v) is 10.5. The number of benzene rings is 1. The molecule has 0 amide bonds. The molecule has 0 radical (unpaired) electrons. The molecular formula is C21H31ClN6. The summed E-state index contributed by atoms with van der Waals surface area (Å²) in [4.78, 5) is 11.6. The van der Waals surface area contributed by atoms with Crippen LogP contribution in [0.4, 0.5) is 5.69 Å². The lowest BCUT2D eigenvalue weighted by Crippen LogP contribution is -2.44. The van der Waals surface area contributed by atoms with Gasteiger partial charge in [0.15, 0.2) is 5.96 Å². The molecule has 6 nitrogen and oxygen atoms in total. The fourth-order valence-electron chi connectivity index (χ4n) is 3.50. The fourth-order valence-corrected chi connectivity index (χ4v) is 3.68. The number of nitrogens with one attached hydrogen (secondary N) is 2. The number of imidazole rings is 1.